The van der Waals surface area contributed by atoms with Crippen LogP contribution in [0.1, 0.15) is 54.5 Å². The van der Waals surface area contributed by atoms with Gasteiger partial charge in [0.1, 0.15) is 0 Å². The fourth-order valence-electron chi connectivity index (χ4n) is 3.55. The van der Waals surface area contributed by atoms with E-state index in [0.717, 1.165) is 44.5 Å². The minimum absolute atomic E-state index is 0.0574. The predicted molar refractivity (Wildman–Crippen MR) is 86.5 cm³/mol. The summed E-state index contributed by atoms with van der Waals surface area (Å²) in [6.07, 6.45) is 2.84. The number of carbonyl (C=O) groups is 1. The fraction of sp³-hybridized carbons (Fsp3) is 0.765. The van der Waals surface area contributed by atoms with Gasteiger partial charge in [-0.1, -0.05) is 0 Å². The number of likely N-dealkylation sites (tertiary alicyclic amines) is 1. The van der Waals surface area contributed by atoms with Crippen molar-refractivity contribution in [3.8, 4) is 0 Å². The molecule has 1 amide bonds. The van der Waals surface area contributed by atoms with Gasteiger partial charge < -0.3 is 14.4 Å². The quantitative estimate of drug-likeness (QED) is 0.851. The van der Waals surface area contributed by atoms with Gasteiger partial charge >= 0.3 is 0 Å². The molecule has 6 nitrogen and oxygen atoms in total. The molecule has 0 atom stereocenters. The van der Waals surface area contributed by atoms with Crippen molar-refractivity contribution in [2.75, 3.05) is 33.4 Å². The monoisotopic (exact) mass is 321 g/mol. The van der Waals surface area contributed by atoms with Crippen molar-refractivity contribution in [2.45, 2.75) is 45.8 Å². The van der Waals surface area contributed by atoms with Gasteiger partial charge in [0, 0.05) is 50.5 Å². The normalized spacial score (nSPS) is 19.2. The van der Waals surface area contributed by atoms with Crippen LogP contribution in [0, 0.1) is 5.92 Å². The molecular formula is C17H27N3O3. The summed E-state index contributed by atoms with van der Waals surface area (Å²) in [5, 5.41) is 4.64. The zero-order chi connectivity index (χ0) is 16.4. The van der Waals surface area contributed by atoms with Crippen LogP contribution >= 0.6 is 0 Å². The van der Waals surface area contributed by atoms with E-state index >= 15 is 0 Å². The Morgan fingerprint density at radius 2 is 2.13 bits per heavy atom. The zero-order valence-corrected chi connectivity index (χ0v) is 14.4. The molecule has 0 N–H and O–H groups in total. The molecule has 23 heavy (non-hydrogen) atoms. The highest BCUT2D eigenvalue weighted by molar-refractivity contribution is 5.94. The van der Waals surface area contributed by atoms with Gasteiger partial charge in [-0.05, 0) is 32.6 Å². The van der Waals surface area contributed by atoms with Crippen molar-refractivity contribution in [1.29, 1.82) is 0 Å². The molecule has 128 valence electrons. The van der Waals surface area contributed by atoms with Crippen LogP contribution in [0.25, 0.3) is 0 Å². The summed E-state index contributed by atoms with van der Waals surface area (Å²) in [5.74, 6) is 0.622. The molecule has 0 aromatic carbocycles. The lowest BCUT2D eigenvalue weighted by Gasteiger charge is -2.31. The molecule has 1 saturated heterocycles. The highest BCUT2D eigenvalue weighted by atomic mass is 16.5. The van der Waals surface area contributed by atoms with E-state index in [-0.39, 0.29) is 11.9 Å². The van der Waals surface area contributed by atoms with Crippen LogP contribution in [-0.4, -0.2) is 54.0 Å². The van der Waals surface area contributed by atoms with Gasteiger partial charge in [-0.15, -0.1) is 0 Å². The molecule has 6 heteroatoms. The predicted octanol–water partition coefficient (Wildman–Crippen LogP) is 2.04. The first-order valence-corrected chi connectivity index (χ1v) is 8.58. The summed E-state index contributed by atoms with van der Waals surface area (Å²) in [4.78, 5) is 14.9. The van der Waals surface area contributed by atoms with Crippen molar-refractivity contribution in [2.24, 2.45) is 5.92 Å². The van der Waals surface area contributed by atoms with Crippen molar-refractivity contribution in [3.05, 3.63) is 17.0 Å². The van der Waals surface area contributed by atoms with Gasteiger partial charge in [0.05, 0.1) is 13.2 Å². The number of piperidine rings is 1. The maximum absolute atomic E-state index is 12.9. The lowest BCUT2D eigenvalue weighted by Crippen LogP contribution is -2.40. The van der Waals surface area contributed by atoms with E-state index in [1.54, 1.807) is 7.11 Å². The number of ether oxygens (including phenoxy) is 2. The standard InChI is InChI=1S/C17H27N3O3/c1-12(2)20-15-6-9-23-11-14(15)16(18-20)17(21)19-7-4-13(5-8-19)10-22-3/h12-13H,4-11H2,1-3H3. The number of methoxy groups -OCH3 is 1. The van der Waals surface area contributed by atoms with Gasteiger partial charge in [-0.3, -0.25) is 9.48 Å². The van der Waals surface area contributed by atoms with Crippen molar-refractivity contribution < 1.29 is 14.3 Å². The molecule has 1 fully saturated rings. The van der Waals surface area contributed by atoms with Crippen LogP contribution in [0.5, 0.6) is 0 Å². The first-order valence-electron chi connectivity index (χ1n) is 8.58. The van der Waals surface area contributed by atoms with Gasteiger partial charge in [-0.25, -0.2) is 0 Å². The molecule has 0 bridgehead atoms. The highest BCUT2D eigenvalue weighted by Gasteiger charge is 2.31. The number of hydrogen-bond acceptors (Lipinski definition) is 4. The van der Waals surface area contributed by atoms with E-state index < -0.39 is 0 Å². The van der Waals surface area contributed by atoms with Crippen LogP contribution in [0.3, 0.4) is 0 Å². The van der Waals surface area contributed by atoms with Crippen molar-refractivity contribution >= 4 is 5.91 Å². The number of nitrogens with zero attached hydrogens (tertiary/aromatic N) is 3. The second kappa shape index (κ2) is 7.01. The maximum atomic E-state index is 12.9. The summed E-state index contributed by atoms with van der Waals surface area (Å²) >= 11 is 0. The minimum atomic E-state index is 0.0574. The average molecular weight is 321 g/mol. The summed E-state index contributed by atoms with van der Waals surface area (Å²) in [7, 11) is 1.74. The van der Waals surface area contributed by atoms with Crippen molar-refractivity contribution in [1.82, 2.24) is 14.7 Å². The molecule has 1 aromatic heterocycles. The number of amides is 1. The SMILES string of the molecule is COCC1CCN(C(=O)c2nn(C(C)C)c3c2COCC3)CC1. The highest BCUT2D eigenvalue weighted by Crippen LogP contribution is 2.26. The number of carbonyl (C=O) groups excluding carboxylic acids is 1. The summed E-state index contributed by atoms with van der Waals surface area (Å²) < 4.78 is 12.8. The van der Waals surface area contributed by atoms with E-state index in [4.69, 9.17) is 9.47 Å². The largest absolute Gasteiger partial charge is 0.384 e. The topological polar surface area (TPSA) is 56.6 Å². The third kappa shape index (κ3) is 3.28. The Balaban J connectivity index is 1.78. The van der Waals surface area contributed by atoms with Gasteiger partial charge in [0.25, 0.3) is 5.91 Å². The number of aromatic nitrogens is 2. The first kappa shape index (κ1) is 16.5. The minimum Gasteiger partial charge on any atom is -0.384 e. The number of rotatable bonds is 4. The average Bonchev–Trinajstić information content (AvgIpc) is 2.95. The van der Waals surface area contributed by atoms with E-state index in [1.165, 1.54) is 5.69 Å². The Bertz CT molecular complexity index is 560. The molecule has 3 heterocycles. The zero-order valence-electron chi connectivity index (χ0n) is 14.4. The number of fused-ring (bicyclic) bond motifs is 1. The third-order valence-corrected chi connectivity index (χ3v) is 4.84. The second-order valence-electron chi connectivity index (χ2n) is 6.81. The lowest BCUT2D eigenvalue weighted by molar-refractivity contribution is 0.0599. The maximum Gasteiger partial charge on any atom is 0.274 e. The summed E-state index contributed by atoms with van der Waals surface area (Å²) in [6.45, 7) is 7.78. The molecule has 0 saturated carbocycles. The lowest BCUT2D eigenvalue weighted by atomic mass is 9.97. The Morgan fingerprint density at radius 1 is 1.39 bits per heavy atom. The van der Waals surface area contributed by atoms with E-state index in [9.17, 15) is 4.79 Å². The summed E-state index contributed by atoms with van der Waals surface area (Å²) in [5.41, 5.74) is 2.76. The number of hydrogen-bond donors (Lipinski definition) is 0. The van der Waals surface area contributed by atoms with Crippen LogP contribution in [0.2, 0.25) is 0 Å². The smallest absolute Gasteiger partial charge is 0.274 e. The second-order valence-corrected chi connectivity index (χ2v) is 6.81. The van der Waals surface area contributed by atoms with E-state index in [0.29, 0.717) is 24.8 Å². The molecule has 0 radical (unpaired) electrons. The van der Waals surface area contributed by atoms with E-state index in [1.807, 2.05) is 9.58 Å². The Kier molecular flexibility index (Phi) is 5.02. The molecule has 3 rings (SSSR count). The van der Waals surface area contributed by atoms with Crippen LogP contribution in [-0.2, 0) is 22.5 Å². The molecule has 0 spiro atoms. The van der Waals surface area contributed by atoms with Crippen LogP contribution in [0.15, 0.2) is 0 Å². The van der Waals surface area contributed by atoms with Gasteiger partial charge in [0.15, 0.2) is 5.69 Å². The Labute approximate surface area is 137 Å². The molecule has 2 aliphatic rings. The Morgan fingerprint density at radius 3 is 2.78 bits per heavy atom. The summed E-state index contributed by atoms with van der Waals surface area (Å²) in [6, 6.07) is 0.260. The third-order valence-electron chi connectivity index (χ3n) is 4.84. The van der Waals surface area contributed by atoms with Crippen LogP contribution in [0.4, 0.5) is 0 Å². The van der Waals surface area contributed by atoms with Gasteiger partial charge in [-0.2, -0.15) is 5.10 Å². The van der Waals surface area contributed by atoms with E-state index in [2.05, 4.69) is 18.9 Å². The molecule has 0 aliphatic carbocycles. The first-order chi connectivity index (χ1) is 11.1. The van der Waals surface area contributed by atoms with Crippen LogP contribution < -0.4 is 0 Å². The molecule has 0 unspecified atom stereocenters. The Hall–Kier alpha value is -1.40. The molecule has 2 aliphatic heterocycles. The molecule has 1 aromatic rings. The fourth-order valence-corrected chi connectivity index (χ4v) is 3.55. The van der Waals surface area contributed by atoms with Crippen molar-refractivity contribution in [3.63, 3.8) is 0 Å². The molecular weight excluding hydrogens is 294 g/mol. The van der Waals surface area contributed by atoms with Gasteiger partial charge in [0.2, 0.25) is 0 Å².